The molecule has 0 N–H and O–H groups in total. The van der Waals surface area contributed by atoms with E-state index in [9.17, 15) is 14.2 Å². The van der Waals surface area contributed by atoms with Gasteiger partial charge in [0.15, 0.2) is 0 Å². The summed E-state index contributed by atoms with van der Waals surface area (Å²) in [5.41, 5.74) is 4.30. The molecule has 0 aromatic heterocycles. The Morgan fingerprint density at radius 2 is 1.54 bits per heavy atom. The predicted octanol–water partition coefficient (Wildman–Crippen LogP) is 9.03. The molecular weight excluding hydrogens is 571 g/mol. The van der Waals surface area contributed by atoms with Crippen molar-refractivity contribution in [2.75, 3.05) is 16.8 Å². The minimum absolute atomic E-state index is 0. The van der Waals surface area contributed by atoms with Crippen LogP contribution in [0.2, 0.25) is 0 Å². The van der Waals surface area contributed by atoms with Crippen molar-refractivity contribution < 1.29 is 25.8 Å². The number of para-hydroxylation sites is 2. The van der Waals surface area contributed by atoms with Crippen molar-refractivity contribution in [1.82, 2.24) is 0 Å². The second-order valence-electron chi connectivity index (χ2n) is 10.5. The average Bonchev–Trinajstić information content (AvgIpc) is 3.50. The Morgan fingerprint density at radius 1 is 0.949 bits per heavy atom. The van der Waals surface area contributed by atoms with Crippen LogP contribution in [0.3, 0.4) is 0 Å². The Bertz CT molecular complexity index is 1270. The van der Waals surface area contributed by atoms with E-state index in [1.807, 2.05) is 12.1 Å². The smallest absolute Gasteiger partial charge is 0.129 e. The van der Waals surface area contributed by atoms with Gasteiger partial charge in [-0.3, -0.25) is 0 Å². The van der Waals surface area contributed by atoms with E-state index < -0.39 is 28.7 Å². The molecule has 8 heteroatoms. The number of nitrogens with zero attached hydrogens (tertiary/aromatic N) is 3. The molecule has 3 aromatic carbocycles. The maximum absolute atomic E-state index is 13.7. The molecule has 0 bridgehead atoms. The summed E-state index contributed by atoms with van der Waals surface area (Å²) in [7, 11) is 12.1. The van der Waals surface area contributed by atoms with Crippen molar-refractivity contribution in [2.45, 2.75) is 45.7 Å². The summed E-state index contributed by atoms with van der Waals surface area (Å²) in [5.74, 6) is 1.78. The molecule has 1 fully saturated rings. The van der Waals surface area contributed by atoms with Crippen LogP contribution in [0.25, 0.3) is 5.41 Å². The molecule has 3 nitrogen and oxygen atoms in total. The second-order valence-corrected chi connectivity index (χ2v) is 13.1. The third kappa shape index (κ3) is 6.22. The fraction of sp³-hybridized carbons (Fsp3) is 0.355. The van der Waals surface area contributed by atoms with Crippen molar-refractivity contribution in [3.63, 3.8) is 0 Å². The van der Waals surface area contributed by atoms with E-state index in [0.29, 0.717) is 5.56 Å². The maximum atomic E-state index is 13.7. The zero-order valence-electron chi connectivity index (χ0n) is 23.0. The number of benzene rings is 3. The van der Waals surface area contributed by atoms with Gasteiger partial charge in [-0.05, 0) is 65.6 Å². The molecule has 1 aliphatic carbocycles. The molecule has 0 spiro atoms. The van der Waals surface area contributed by atoms with E-state index >= 15 is 0 Å². The number of halogens is 4. The van der Waals surface area contributed by atoms with Crippen LogP contribution in [0.5, 0.6) is 0 Å². The molecule has 2 heterocycles. The second kappa shape index (κ2) is 13.6. The number of amidine groups is 1. The molecule has 0 amide bonds. The van der Waals surface area contributed by atoms with E-state index in [0.717, 1.165) is 35.3 Å². The van der Waals surface area contributed by atoms with Gasteiger partial charge in [0.25, 0.3) is 0 Å². The van der Waals surface area contributed by atoms with Gasteiger partial charge in [-0.15, -0.1) is 0 Å². The number of fused-ring (bicyclic) bond motifs is 4. The van der Waals surface area contributed by atoms with Crippen LogP contribution in [0.4, 0.5) is 20.2 Å². The maximum Gasteiger partial charge on any atom is 0.129 e. The van der Waals surface area contributed by atoms with E-state index in [1.54, 1.807) is 17.7 Å². The Labute approximate surface area is 248 Å². The van der Waals surface area contributed by atoms with Gasteiger partial charge in [-0.25, -0.2) is 8.78 Å². The molecule has 208 valence electrons. The first kappa shape index (κ1) is 31.6. The van der Waals surface area contributed by atoms with Gasteiger partial charge >= 0.3 is 35.6 Å². The normalized spacial score (nSPS) is 22.1. The zero-order valence-corrected chi connectivity index (χ0v) is 26.1. The first-order valence-corrected chi connectivity index (χ1v) is 17.1. The third-order valence-electron chi connectivity index (χ3n) is 8.07. The van der Waals surface area contributed by atoms with E-state index in [-0.39, 0.29) is 25.5 Å². The molecule has 0 radical (unpaired) electrons. The zero-order chi connectivity index (χ0) is 27.6. The number of likely N-dealkylation sites (N-methyl/N-ethyl adjacent to an activating group) is 1. The van der Waals surface area contributed by atoms with Crippen molar-refractivity contribution in [1.29, 1.82) is 0 Å². The van der Waals surface area contributed by atoms with E-state index in [4.69, 9.17) is 18.6 Å². The minimum atomic E-state index is -0.686. The summed E-state index contributed by atoms with van der Waals surface area (Å²) < 4.78 is 27.4. The van der Waals surface area contributed by atoms with Crippen molar-refractivity contribution >= 4 is 35.8 Å². The standard InChI is InChI=1S/C16H23N.C14H9F2N2.CH3.2ClH.Ti/c1-10(2)15-11(3)9-13-12-7-5-6-8-14(12)17(4)16(13)15;15-11-6-3-7-12(16)13(11)18-8-9-4-1-2-5-10(9)14(18)17;;;;/h5-8,10-11,13,15-16H,9H2,1-4H3;1-7H,8H2;1H3;2*1H;/q;2*-1;;;+2/p-2. The van der Waals surface area contributed by atoms with Crippen LogP contribution in [0.15, 0.2) is 66.7 Å². The summed E-state index contributed by atoms with van der Waals surface area (Å²) in [6, 6.07) is 20.5. The summed E-state index contributed by atoms with van der Waals surface area (Å²) >= 11 is -0.556. The molecule has 4 unspecified atom stereocenters. The van der Waals surface area contributed by atoms with Gasteiger partial charge < -0.3 is 22.6 Å². The Hall–Kier alpha value is -1.92. The van der Waals surface area contributed by atoms with Crippen LogP contribution >= 0.6 is 18.6 Å². The number of rotatable bonds is 2. The molecule has 2 aliphatic heterocycles. The molecule has 4 atom stereocenters. The van der Waals surface area contributed by atoms with Gasteiger partial charge in [-0.2, -0.15) is 0 Å². The summed E-state index contributed by atoms with van der Waals surface area (Å²) in [6.45, 7) is 7.49. The average molecular weight is 606 g/mol. The van der Waals surface area contributed by atoms with Crippen molar-refractivity contribution in [3.05, 3.63) is 108 Å². The molecule has 1 saturated carbocycles. The molecular formula is C31H35Cl2F2N3Ti-2. The van der Waals surface area contributed by atoms with Crippen LogP contribution in [0.1, 0.15) is 49.8 Å². The Balaban J connectivity index is 0.000000192. The first-order chi connectivity index (χ1) is 18.2. The molecule has 39 heavy (non-hydrogen) atoms. The fourth-order valence-corrected chi connectivity index (χ4v) is 6.67. The van der Waals surface area contributed by atoms with Crippen LogP contribution in [-0.4, -0.2) is 18.9 Å². The van der Waals surface area contributed by atoms with E-state index in [2.05, 4.69) is 57.0 Å². The van der Waals surface area contributed by atoms with Gasteiger partial charge in [-0.1, -0.05) is 75.1 Å². The number of hydrogen-bond donors (Lipinski definition) is 0. The van der Waals surface area contributed by atoms with E-state index in [1.165, 1.54) is 35.2 Å². The Kier molecular flexibility index (Phi) is 11.0. The van der Waals surface area contributed by atoms with Gasteiger partial charge in [0.1, 0.15) is 11.6 Å². The fourth-order valence-electron chi connectivity index (χ4n) is 6.67. The van der Waals surface area contributed by atoms with Crippen molar-refractivity contribution in [2.24, 2.45) is 17.8 Å². The van der Waals surface area contributed by atoms with Crippen LogP contribution < -0.4 is 9.80 Å². The minimum Gasteiger partial charge on any atom is -0.464 e. The SMILES string of the molecule is CC(C)C1C(C)CC2c3ccccc3N(C)C21.[CH3-].[Cl][Ti][Cl].[N-]=C1c2ccccc2CN1c1c(F)cccc1F. The summed E-state index contributed by atoms with van der Waals surface area (Å²) in [6.07, 6.45) is 1.37. The molecule has 0 saturated heterocycles. The summed E-state index contributed by atoms with van der Waals surface area (Å²) in [4.78, 5) is 3.80. The molecule has 6 rings (SSSR count). The number of hydrogen-bond acceptors (Lipinski definition) is 1. The largest absolute Gasteiger partial charge is 0.464 e. The Morgan fingerprint density at radius 3 is 2.15 bits per heavy atom. The first-order valence-electron chi connectivity index (χ1n) is 12.8. The van der Waals surface area contributed by atoms with Crippen LogP contribution in [0, 0.1) is 36.8 Å². The van der Waals surface area contributed by atoms with Crippen molar-refractivity contribution in [3.8, 4) is 0 Å². The topological polar surface area (TPSA) is 28.8 Å². The monoisotopic (exact) mass is 605 g/mol. The quantitative estimate of drug-likeness (QED) is 0.215. The van der Waals surface area contributed by atoms with Gasteiger partial charge in [0, 0.05) is 30.4 Å². The summed E-state index contributed by atoms with van der Waals surface area (Å²) in [5, 5.41) is 10.1. The van der Waals surface area contributed by atoms with Gasteiger partial charge in [0.05, 0.1) is 0 Å². The molecule has 3 aromatic rings. The number of anilines is 2. The molecule has 3 aliphatic rings. The third-order valence-corrected chi connectivity index (χ3v) is 8.07. The van der Waals surface area contributed by atoms with Crippen LogP contribution in [-0.2, 0) is 23.6 Å². The van der Waals surface area contributed by atoms with Gasteiger partial charge in [0.2, 0.25) is 0 Å². The predicted molar refractivity (Wildman–Crippen MR) is 158 cm³/mol.